The normalized spacial score (nSPS) is 11.7. The van der Waals surface area contributed by atoms with Gasteiger partial charge >= 0.3 is 0 Å². The van der Waals surface area contributed by atoms with Crippen molar-refractivity contribution < 1.29 is 9.47 Å². The Balaban J connectivity index is 2.82. The maximum atomic E-state index is 5.76. The molecule has 0 saturated heterocycles. The van der Waals surface area contributed by atoms with Crippen LogP contribution in [0.3, 0.4) is 0 Å². The molecule has 1 heterocycles. The van der Waals surface area contributed by atoms with Gasteiger partial charge in [0.2, 0.25) is 0 Å². The van der Waals surface area contributed by atoms with E-state index in [1.54, 1.807) is 26.5 Å². The van der Waals surface area contributed by atoms with Crippen molar-refractivity contribution in [2.45, 2.75) is 20.4 Å². The largest absolute Gasteiger partial charge is 0.493 e. The summed E-state index contributed by atoms with van der Waals surface area (Å²) in [5.74, 6) is 1.40. The Morgan fingerprint density at radius 3 is 2.53 bits per heavy atom. The molecule has 5 nitrogen and oxygen atoms in total. The van der Waals surface area contributed by atoms with Gasteiger partial charge in [0.25, 0.3) is 0 Å². The number of nitrogens with zero attached hydrogens (tertiary/aromatic N) is 2. The molecular formula is C14H25N3O2. The molecule has 0 unspecified atom stereocenters. The molecule has 0 aromatic carbocycles. The van der Waals surface area contributed by atoms with Gasteiger partial charge < -0.3 is 15.2 Å². The van der Waals surface area contributed by atoms with Crippen molar-refractivity contribution in [1.29, 1.82) is 0 Å². The molecule has 1 aromatic rings. The lowest BCUT2D eigenvalue weighted by molar-refractivity contribution is 0.205. The second kappa shape index (κ2) is 6.73. The summed E-state index contributed by atoms with van der Waals surface area (Å²) in [6, 6.07) is 1.80. The van der Waals surface area contributed by atoms with E-state index in [4.69, 9.17) is 15.2 Å². The molecular weight excluding hydrogens is 242 g/mol. The molecule has 0 amide bonds. The first kappa shape index (κ1) is 15.7. The fourth-order valence-corrected chi connectivity index (χ4v) is 2.07. The van der Waals surface area contributed by atoms with Gasteiger partial charge in [0.05, 0.1) is 14.2 Å². The average molecular weight is 267 g/mol. The van der Waals surface area contributed by atoms with E-state index in [0.717, 1.165) is 12.2 Å². The van der Waals surface area contributed by atoms with Crippen LogP contribution in [0.15, 0.2) is 12.3 Å². The van der Waals surface area contributed by atoms with E-state index in [0.29, 0.717) is 24.6 Å². The Morgan fingerprint density at radius 1 is 1.32 bits per heavy atom. The Morgan fingerprint density at radius 2 is 2.00 bits per heavy atom. The minimum absolute atomic E-state index is 0.0842. The standard InChI is InChI=1S/C14H25N3O2/c1-14(2,9-15)10-17(3)8-11-13(19-5)12(18-4)6-7-16-11/h6-7H,8-10,15H2,1-5H3. The van der Waals surface area contributed by atoms with E-state index < -0.39 is 0 Å². The predicted molar refractivity (Wildman–Crippen MR) is 76.5 cm³/mol. The summed E-state index contributed by atoms with van der Waals surface area (Å²) in [7, 11) is 5.31. The van der Waals surface area contributed by atoms with Crippen molar-refractivity contribution in [2.24, 2.45) is 11.1 Å². The topological polar surface area (TPSA) is 60.6 Å². The monoisotopic (exact) mass is 267 g/mol. The highest BCUT2D eigenvalue weighted by atomic mass is 16.5. The van der Waals surface area contributed by atoms with Gasteiger partial charge in [-0.15, -0.1) is 0 Å². The lowest BCUT2D eigenvalue weighted by Crippen LogP contribution is -2.36. The van der Waals surface area contributed by atoms with Crippen LogP contribution in [0, 0.1) is 5.41 Å². The summed E-state index contributed by atoms with van der Waals surface area (Å²) in [5.41, 5.74) is 6.72. The molecule has 0 saturated carbocycles. The molecule has 0 bridgehead atoms. The summed E-state index contributed by atoms with van der Waals surface area (Å²) < 4.78 is 10.7. The second-order valence-electron chi connectivity index (χ2n) is 5.53. The molecule has 108 valence electrons. The second-order valence-corrected chi connectivity index (χ2v) is 5.53. The zero-order chi connectivity index (χ0) is 14.5. The number of pyridine rings is 1. The SMILES string of the molecule is COc1ccnc(CN(C)CC(C)(C)CN)c1OC. The van der Waals surface area contributed by atoms with Crippen molar-refractivity contribution in [3.63, 3.8) is 0 Å². The van der Waals surface area contributed by atoms with Crippen LogP contribution in [-0.2, 0) is 6.54 Å². The number of hydrogen-bond donors (Lipinski definition) is 1. The molecule has 0 spiro atoms. The van der Waals surface area contributed by atoms with Crippen LogP contribution in [0.5, 0.6) is 11.5 Å². The van der Waals surface area contributed by atoms with Crippen LogP contribution in [0.1, 0.15) is 19.5 Å². The molecule has 0 fully saturated rings. The van der Waals surface area contributed by atoms with E-state index in [1.165, 1.54) is 0 Å². The molecule has 19 heavy (non-hydrogen) atoms. The van der Waals surface area contributed by atoms with Gasteiger partial charge in [-0.05, 0) is 19.0 Å². The van der Waals surface area contributed by atoms with E-state index >= 15 is 0 Å². The highest BCUT2D eigenvalue weighted by molar-refractivity contribution is 5.42. The quantitative estimate of drug-likeness (QED) is 0.811. The van der Waals surface area contributed by atoms with Crippen molar-refractivity contribution in [2.75, 3.05) is 34.4 Å². The molecule has 0 atom stereocenters. The Kier molecular flexibility index (Phi) is 5.57. The van der Waals surface area contributed by atoms with Crippen LogP contribution in [0.25, 0.3) is 0 Å². The van der Waals surface area contributed by atoms with E-state index in [1.807, 2.05) is 0 Å². The fraction of sp³-hybridized carbons (Fsp3) is 0.643. The van der Waals surface area contributed by atoms with Crippen LogP contribution < -0.4 is 15.2 Å². The summed E-state index contributed by atoms with van der Waals surface area (Å²) in [4.78, 5) is 6.57. The highest BCUT2D eigenvalue weighted by Crippen LogP contribution is 2.30. The van der Waals surface area contributed by atoms with Gasteiger partial charge in [-0.25, -0.2) is 0 Å². The van der Waals surface area contributed by atoms with Gasteiger partial charge in [-0.3, -0.25) is 9.88 Å². The lowest BCUT2D eigenvalue weighted by Gasteiger charge is -2.29. The summed E-state index contributed by atoms with van der Waals surface area (Å²) >= 11 is 0. The fourth-order valence-electron chi connectivity index (χ4n) is 2.07. The summed E-state index contributed by atoms with van der Waals surface area (Å²) in [5, 5.41) is 0. The first-order chi connectivity index (χ1) is 8.93. The van der Waals surface area contributed by atoms with Crippen molar-refractivity contribution in [3.8, 4) is 11.5 Å². The molecule has 2 N–H and O–H groups in total. The smallest absolute Gasteiger partial charge is 0.183 e. The minimum Gasteiger partial charge on any atom is -0.493 e. The molecule has 0 aliphatic heterocycles. The molecule has 0 radical (unpaired) electrons. The maximum absolute atomic E-state index is 5.76. The third-order valence-corrected chi connectivity index (χ3v) is 3.04. The van der Waals surface area contributed by atoms with Crippen molar-refractivity contribution in [3.05, 3.63) is 18.0 Å². The Labute approximate surface area is 115 Å². The van der Waals surface area contributed by atoms with Crippen LogP contribution in [-0.4, -0.2) is 44.2 Å². The Bertz CT molecular complexity index is 408. The highest BCUT2D eigenvalue weighted by Gasteiger charge is 2.20. The number of hydrogen-bond acceptors (Lipinski definition) is 5. The van der Waals surface area contributed by atoms with E-state index in [2.05, 4.69) is 30.8 Å². The number of ether oxygens (including phenoxy) is 2. The van der Waals surface area contributed by atoms with Gasteiger partial charge in [0, 0.05) is 25.4 Å². The molecule has 0 aliphatic carbocycles. The van der Waals surface area contributed by atoms with Gasteiger partial charge in [-0.1, -0.05) is 13.8 Å². The van der Waals surface area contributed by atoms with E-state index in [9.17, 15) is 0 Å². The van der Waals surface area contributed by atoms with Gasteiger partial charge in [0.15, 0.2) is 11.5 Å². The van der Waals surface area contributed by atoms with Crippen LogP contribution in [0.4, 0.5) is 0 Å². The minimum atomic E-state index is 0.0842. The number of methoxy groups -OCH3 is 2. The zero-order valence-electron chi connectivity index (χ0n) is 12.6. The number of rotatable bonds is 7. The summed E-state index contributed by atoms with van der Waals surface area (Å²) in [6.07, 6.45) is 1.73. The number of aromatic nitrogens is 1. The molecule has 1 aromatic heterocycles. The van der Waals surface area contributed by atoms with Crippen LogP contribution >= 0.6 is 0 Å². The third-order valence-electron chi connectivity index (χ3n) is 3.04. The third kappa shape index (κ3) is 4.36. The number of nitrogens with two attached hydrogens (primary N) is 1. The maximum Gasteiger partial charge on any atom is 0.183 e. The lowest BCUT2D eigenvalue weighted by atomic mass is 9.93. The van der Waals surface area contributed by atoms with Crippen LogP contribution in [0.2, 0.25) is 0 Å². The van der Waals surface area contributed by atoms with Crippen molar-refractivity contribution >= 4 is 0 Å². The van der Waals surface area contributed by atoms with Gasteiger partial charge in [-0.2, -0.15) is 0 Å². The molecule has 1 rings (SSSR count). The van der Waals surface area contributed by atoms with Crippen molar-refractivity contribution in [1.82, 2.24) is 9.88 Å². The Hall–Kier alpha value is -1.33. The molecule has 0 aliphatic rings. The zero-order valence-corrected chi connectivity index (χ0v) is 12.6. The predicted octanol–water partition coefficient (Wildman–Crippen LogP) is 1.52. The van der Waals surface area contributed by atoms with Gasteiger partial charge in [0.1, 0.15) is 5.69 Å². The first-order valence-corrected chi connectivity index (χ1v) is 6.38. The molecule has 5 heteroatoms. The van der Waals surface area contributed by atoms with E-state index in [-0.39, 0.29) is 5.41 Å². The average Bonchev–Trinajstić information content (AvgIpc) is 2.37. The first-order valence-electron chi connectivity index (χ1n) is 6.38. The summed E-state index contributed by atoms with van der Waals surface area (Å²) in [6.45, 7) is 6.55.